The maximum absolute atomic E-state index is 13.8. The third kappa shape index (κ3) is 4.25. The molecule has 1 aliphatic rings. The summed E-state index contributed by atoms with van der Waals surface area (Å²) in [7, 11) is 1.59. The molecule has 6 rings (SSSR count). The van der Waals surface area contributed by atoms with Gasteiger partial charge in [-0.1, -0.05) is 58.4 Å². The first kappa shape index (κ1) is 24.0. The topological polar surface area (TPSA) is 69.0 Å². The van der Waals surface area contributed by atoms with E-state index >= 15 is 0 Å². The second-order valence-corrected chi connectivity index (χ2v) is 9.85. The van der Waals surface area contributed by atoms with Crippen LogP contribution in [0.15, 0.2) is 111 Å². The zero-order valence-corrected chi connectivity index (χ0v) is 22.0. The lowest BCUT2D eigenvalue weighted by Crippen LogP contribution is -2.29. The summed E-state index contributed by atoms with van der Waals surface area (Å²) in [4.78, 5) is 29.2. The zero-order valence-electron chi connectivity index (χ0n) is 20.4. The summed E-state index contributed by atoms with van der Waals surface area (Å²) in [5.74, 6) is 1.03. The first-order chi connectivity index (χ1) is 18.5. The SMILES string of the molecule is COc1ccc(N2C(=O)c3oc4ccc(Br)cc4c(=O)c3C2c2ccc(OCc3ccccc3)cc2)cc1. The molecular formula is C31H22BrNO5. The Morgan fingerprint density at radius 3 is 2.29 bits per heavy atom. The number of fused-ring (bicyclic) bond motifs is 2. The van der Waals surface area contributed by atoms with Crippen LogP contribution in [0.3, 0.4) is 0 Å². The lowest BCUT2D eigenvalue weighted by atomic mass is 9.98. The summed E-state index contributed by atoms with van der Waals surface area (Å²) >= 11 is 3.44. The molecule has 0 fully saturated rings. The van der Waals surface area contributed by atoms with Gasteiger partial charge in [0.2, 0.25) is 5.76 Å². The van der Waals surface area contributed by atoms with E-state index in [0.29, 0.717) is 40.3 Å². The highest BCUT2D eigenvalue weighted by molar-refractivity contribution is 9.10. The fraction of sp³-hybridized carbons (Fsp3) is 0.0968. The van der Waals surface area contributed by atoms with Gasteiger partial charge in [-0.3, -0.25) is 14.5 Å². The van der Waals surface area contributed by atoms with Crippen LogP contribution >= 0.6 is 15.9 Å². The van der Waals surface area contributed by atoms with E-state index in [1.165, 1.54) is 0 Å². The summed E-state index contributed by atoms with van der Waals surface area (Å²) in [6.45, 7) is 0.438. The summed E-state index contributed by atoms with van der Waals surface area (Å²) in [5.41, 5.74) is 2.90. The van der Waals surface area contributed by atoms with E-state index in [4.69, 9.17) is 13.9 Å². The number of hydrogen-bond donors (Lipinski definition) is 0. The molecule has 1 aliphatic heterocycles. The summed E-state index contributed by atoms with van der Waals surface area (Å²) < 4.78 is 18.0. The van der Waals surface area contributed by atoms with Crippen LogP contribution in [0.4, 0.5) is 5.69 Å². The minimum absolute atomic E-state index is 0.0510. The first-order valence-corrected chi connectivity index (χ1v) is 12.8. The van der Waals surface area contributed by atoms with Gasteiger partial charge < -0.3 is 13.9 Å². The number of nitrogens with zero attached hydrogens (tertiary/aromatic N) is 1. The Labute approximate surface area is 227 Å². The smallest absolute Gasteiger partial charge is 0.295 e. The highest BCUT2D eigenvalue weighted by atomic mass is 79.9. The van der Waals surface area contributed by atoms with Crippen molar-refractivity contribution in [3.63, 3.8) is 0 Å². The van der Waals surface area contributed by atoms with Crippen molar-refractivity contribution < 1.29 is 18.7 Å². The molecule has 1 aromatic heterocycles. The van der Waals surface area contributed by atoms with Crippen molar-refractivity contribution in [2.45, 2.75) is 12.6 Å². The van der Waals surface area contributed by atoms with Crippen molar-refractivity contribution in [2.75, 3.05) is 12.0 Å². The minimum Gasteiger partial charge on any atom is -0.497 e. The van der Waals surface area contributed by atoms with Crippen LogP contribution in [-0.4, -0.2) is 13.0 Å². The van der Waals surface area contributed by atoms with Crippen molar-refractivity contribution in [3.8, 4) is 11.5 Å². The lowest BCUT2D eigenvalue weighted by molar-refractivity contribution is 0.0971. The van der Waals surface area contributed by atoms with Gasteiger partial charge in [0, 0.05) is 10.2 Å². The summed E-state index contributed by atoms with van der Waals surface area (Å²) in [5, 5.41) is 0.412. The number of methoxy groups -OCH3 is 1. The second kappa shape index (κ2) is 9.84. The highest BCUT2D eigenvalue weighted by Crippen LogP contribution is 2.42. The van der Waals surface area contributed by atoms with Crippen molar-refractivity contribution >= 4 is 38.5 Å². The molecule has 0 radical (unpaired) electrons. The average Bonchev–Trinajstić information content (AvgIpc) is 3.25. The standard InChI is InChI=1S/C31H22BrNO5/c1-36-23-14-10-22(11-15-23)33-28(20-7-12-24(13-8-20)37-18-19-5-3-2-4-6-19)27-29(34)25-17-21(32)9-16-26(25)38-30(27)31(33)35/h2-17,28H,18H2,1H3. The molecular weight excluding hydrogens is 546 g/mol. The third-order valence-electron chi connectivity index (χ3n) is 6.63. The summed E-state index contributed by atoms with van der Waals surface area (Å²) in [6, 6.07) is 29.1. The van der Waals surface area contributed by atoms with Gasteiger partial charge in [-0.05, 0) is 65.7 Å². The Morgan fingerprint density at radius 2 is 1.58 bits per heavy atom. The normalized spacial score (nSPS) is 14.5. The lowest BCUT2D eigenvalue weighted by Gasteiger charge is -2.25. The predicted molar refractivity (Wildman–Crippen MR) is 149 cm³/mol. The van der Waals surface area contributed by atoms with E-state index in [1.807, 2.05) is 54.6 Å². The molecule has 0 spiro atoms. The number of carbonyl (C=O) groups is 1. The Kier molecular flexibility index (Phi) is 6.21. The molecule has 1 unspecified atom stereocenters. The van der Waals surface area contributed by atoms with E-state index in [-0.39, 0.29) is 17.1 Å². The maximum atomic E-state index is 13.8. The van der Waals surface area contributed by atoms with Crippen LogP contribution < -0.4 is 19.8 Å². The number of halogens is 1. The van der Waals surface area contributed by atoms with Crippen molar-refractivity contribution in [3.05, 3.63) is 134 Å². The monoisotopic (exact) mass is 567 g/mol. The van der Waals surface area contributed by atoms with Gasteiger partial charge in [-0.15, -0.1) is 0 Å². The number of anilines is 1. The molecule has 7 heteroatoms. The molecule has 4 aromatic carbocycles. The van der Waals surface area contributed by atoms with Crippen LogP contribution in [-0.2, 0) is 6.61 Å². The zero-order chi connectivity index (χ0) is 26.2. The predicted octanol–water partition coefficient (Wildman–Crippen LogP) is 6.89. The minimum atomic E-state index is -0.673. The number of benzene rings is 4. The number of amides is 1. The van der Waals surface area contributed by atoms with Crippen LogP contribution in [0, 0.1) is 0 Å². The third-order valence-corrected chi connectivity index (χ3v) is 7.12. The Morgan fingerprint density at radius 1 is 0.868 bits per heavy atom. The second-order valence-electron chi connectivity index (χ2n) is 8.93. The Balaban J connectivity index is 1.44. The fourth-order valence-electron chi connectivity index (χ4n) is 4.76. The first-order valence-electron chi connectivity index (χ1n) is 12.0. The molecule has 0 N–H and O–H groups in total. The average molecular weight is 568 g/mol. The van der Waals surface area contributed by atoms with Crippen LogP contribution in [0.2, 0.25) is 0 Å². The molecule has 0 bridgehead atoms. The molecule has 1 amide bonds. The molecule has 0 saturated heterocycles. The Hall–Kier alpha value is -4.36. The van der Waals surface area contributed by atoms with E-state index < -0.39 is 6.04 Å². The molecule has 5 aromatic rings. The fourth-order valence-corrected chi connectivity index (χ4v) is 5.12. The van der Waals surface area contributed by atoms with Gasteiger partial charge in [0.1, 0.15) is 23.7 Å². The number of carbonyl (C=O) groups excluding carboxylic acids is 1. The van der Waals surface area contributed by atoms with Crippen LogP contribution in [0.25, 0.3) is 11.0 Å². The van der Waals surface area contributed by atoms with Crippen LogP contribution in [0.5, 0.6) is 11.5 Å². The largest absolute Gasteiger partial charge is 0.497 e. The molecule has 6 nitrogen and oxygen atoms in total. The van der Waals surface area contributed by atoms with Crippen LogP contribution in [0.1, 0.15) is 33.3 Å². The van der Waals surface area contributed by atoms with Gasteiger partial charge in [-0.25, -0.2) is 0 Å². The quantitative estimate of drug-likeness (QED) is 0.223. The van der Waals surface area contributed by atoms with E-state index in [0.717, 1.165) is 15.6 Å². The summed E-state index contributed by atoms with van der Waals surface area (Å²) in [6.07, 6.45) is 0. The van der Waals surface area contributed by atoms with Gasteiger partial charge in [0.05, 0.1) is 24.1 Å². The number of rotatable bonds is 6. The molecule has 188 valence electrons. The van der Waals surface area contributed by atoms with Gasteiger partial charge in [0.15, 0.2) is 5.43 Å². The molecule has 0 aliphatic carbocycles. The van der Waals surface area contributed by atoms with Crippen molar-refractivity contribution in [1.82, 2.24) is 0 Å². The highest BCUT2D eigenvalue weighted by Gasteiger charge is 2.43. The van der Waals surface area contributed by atoms with Crippen molar-refractivity contribution in [1.29, 1.82) is 0 Å². The molecule has 0 saturated carbocycles. The van der Waals surface area contributed by atoms with Gasteiger partial charge in [-0.2, -0.15) is 0 Å². The number of ether oxygens (including phenoxy) is 2. The molecule has 2 heterocycles. The molecule has 38 heavy (non-hydrogen) atoms. The van der Waals surface area contributed by atoms with E-state index in [1.54, 1.807) is 54.5 Å². The van der Waals surface area contributed by atoms with E-state index in [2.05, 4.69) is 15.9 Å². The van der Waals surface area contributed by atoms with Crippen molar-refractivity contribution in [2.24, 2.45) is 0 Å². The Bertz CT molecular complexity index is 1700. The van der Waals surface area contributed by atoms with Gasteiger partial charge >= 0.3 is 0 Å². The van der Waals surface area contributed by atoms with Gasteiger partial charge in [0.25, 0.3) is 5.91 Å². The number of hydrogen-bond acceptors (Lipinski definition) is 5. The maximum Gasteiger partial charge on any atom is 0.295 e. The molecule has 1 atom stereocenters. The van der Waals surface area contributed by atoms with E-state index in [9.17, 15) is 9.59 Å².